The van der Waals surface area contributed by atoms with Crippen LogP contribution in [0.3, 0.4) is 0 Å². The van der Waals surface area contributed by atoms with E-state index in [0.717, 1.165) is 24.8 Å². The van der Waals surface area contributed by atoms with Crippen molar-refractivity contribution in [2.45, 2.75) is 52.0 Å². The third-order valence-corrected chi connectivity index (χ3v) is 3.23. The summed E-state index contributed by atoms with van der Waals surface area (Å²) in [6.07, 6.45) is 3.05. The minimum atomic E-state index is -0.0472. The molecule has 3 N–H and O–H groups in total. The molecule has 0 aliphatic rings. The second-order valence-corrected chi connectivity index (χ2v) is 4.52. The van der Waals surface area contributed by atoms with E-state index in [4.69, 9.17) is 5.73 Å². The van der Waals surface area contributed by atoms with E-state index in [0.29, 0.717) is 11.7 Å². The topological polar surface area (TPSA) is 46.2 Å². The van der Waals surface area contributed by atoms with Crippen LogP contribution in [-0.4, -0.2) is 5.11 Å². The van der Waals surface area contributed by atoms with E-state index in [9.17, 15) is 5.11 Å². The molecule has 2 nitrogen and oxygen atoms in total. The van der Waals surface area contributed by atoms with Gasteiger partial charge in [-0.25, -0.2) is 0 Å². The molecule has 0 spiro atoms. The lowest BCUT2D eigenvalue weighted by Crippen LogP contribution is -2.10. The first-order valence-corrected chi connectivity index (χ1v) is 6.18. The maximum Gasteiger partial charge on any atom is 0.120 e. The fraction of sp³-hybridized carbons (Fsp3) is 0.571. The Morgan fingerprint density at radius 1 is 1.31 bits per heavy atom. The Labute approximate surface area is 98.5 Å². The van der Waals surface area contributed by atoms with Crippen LogP contribution in [0.15, 0.2) is 18.2 Å². The van der Waals surface area contributed by atoms with Crippen LogP contribution in [0.25, 0.3) is 0 Å². The van der Waals surface area contributed by atoms with Gasteiger partial charge in [0, 0.05) is 11.6 Å². The molecule has 0 amide bonds. The third-order valence-electron chi connectivity index (χ3n) is 3.23. The first-order chi connectivity index (χ1) is 7.60. The zero-order valence-corrected chi connectivity index (χ0v) is 10.5. The van der Waals surface area contributed by atoms with Gasteiger partial charge in [0.1, 0.15) is 5.75 Å². The molecule has 2 atom stereocenters. The van der Waals surface area contributed by atoms with Crippen molar-refractivity contribution in [3.05, 3.63) is 29.3 Å². The molecule has 0 aromatic heterocycles. The van der Waals surface area contributed by atoms with Gasteiger partial charge in [0.15, 0.2) is 0 Å². The number of rotatable bonds is 5. The summed E-state index contributed by atoms with van der Waals surface area (Å²) < 4.78 is 0. The average Bonchev–Trinajstić information content (AvgIpc) is 2.29. The van der Waals surface area contributed by atoms with Crippen molar-refractivity contribution in [2.75, 3.05) is 0 Å². The summed E-state index contributed by atoms with van der Waals surface area (Å²) in [4.78, 5) is 0. The van der Waals surface area contributed by atoms with Gasteiger partial charge in [0.2, 0.25) is 0 Å². The zero-order chi connectivity index (χ0) is 12.1. The van der Waals surface area contributed by atoms with Gasteiger partial charge in [-0.1, -0.05) is 39.3 Å². The summed E-state index contributed by atoms with van der Waals surface area (Å²) in [6.45, 7) is 6.47. The lowest BCUT2D eigenvalue weighted by molar-refractivity contribution is 0.457. The normalized spacial score (nSPS) is 14.8. The number of nitrogens with two attached hydrogens (primary N) is 1. The first-order valence-electron chi connectivity index (χ1n) is 6.18. The Morgan fingerprint density at radius 2 is 2.00 bits per heavy atom. The van der Waals surface area contributed by atoms with Gasteiger partial charge in [-0.2, -0.15) is 0 Å². The number of benzene rings is 1. The summed E-state index contributed by atoms with van der Waals surface area (Å²) in [6, 6.07) is 5.77. The summed E-state index contributed by atoms with van der Waals surface area (Å²) in [7, 11) is 0. The van der Waals surface area contributed by atoms with Gasteiger partial charge in [0.05, 0.1) is 0 Å². The maximum absolute atomic E-state index is 9.81. The molecule has 0 radical (unpaired) electrons. The smallest absolute Gasteiger partial charge is 0.120 e. The molecule has 90 valence electrons. The Morgan fingerprint density at radius 3 is 2.56 bits per heavy atom. The van der Waals surface area contributed by atoms with E-state index < -0.39 is 0 Å². The standard InChI is InChI=1S/C14H23NO/c1-4-6-13(15)12-9-11(10(3)5-2)7-8-14(12)16/h7-10,13,16H,4-6,15H2,1-3H3. The SMILES string of the molecule is CCCC(N)c1cc(C(C)CC)ccc1O. The summed E-state index contributed by atoms with van der Waals surface area (Å²) in [5, 5.41) is 9.81. The van der Waals surface area contributed by atoms with Crippen LogP contribution in [0, 0.1) is 0 Å². The van der Waals surface area contributed by atoms with Crippen LogP contribution in [0.4, 0.5) is 0 Å². The van der Waals surface area contributed by atoms with E-state index in [-0.39, 0.29) is 6.04 Å². The maximum atomic E-state index is 9.81. The van der Waals surface area contributed by atoms with Crippen molar-refractivity contribution in [1.82, 2.24) is 0 Å². The van der Waals surface area contributed by atoms with Crippen LogP contribution in [0.1, 0.15) is 63.1 Å². The molecule has 0 saturated carbocycles. The molecule has 1 aromatic rings. The fourth-order valence-corrected chi connectivity index (χ4v) is 1.88. The van der Waals surface area contributed by atoms with Crippen molar-refractivity contribution in [2.24, 2.45) is 5.73 Å². The quantitative estimate of drug-likeness (QED) is 0.796. The minimum absolute atomic E-state index is 0.0472. The average molecular weight is 221 g/mol. The van der Waals surface area contributed by atoms with Gasteiger partial charge in [-0.3, -0.25) is 0 Å². The fourth-order valence-electron chi connectivity index (χ4n) is 1.88. The number of hydrogen-bond donors (Lipinski definition) is 2. The molecule has 16 heavy (non-hydrogen) atoms. The highest BCUT2D eigenvalue weighted by Crippen LogP contribution is 2.30. The molecular formula is C14H23NO. The summed E-state index contributed by atoms with van der Waals surface area (Å²) in [5.74, 6) is 0.848. The monoisotopic (exact) mass is 221 g/mol. The van der Waals surface area contributed by atoms with Gasteiger partial charge < -0.3 is 10.8 Å². The predicted molar refractivity (Wildman–Crippen MR) is 68.6 cm³/mol. The van der Waals surface area contributed by atoms with Crippen molar-refractivity contribution in [1.29, 1.82) is 0 Å². The minimum Gasteiger partial charge on any atom is -0.508 e. The molecule has 0 aliphatic carbocycles. The highest BCUT2D eigenvalue weighted by atomic mass is 16.3. The third kappa shape index (κ3) is 2.99. The lowest BCUT2D eigenvalue weighted by atomic mass is 9.93. The lowest BCUT2D eigenvalue weighted by Gasteiger charge is -2.16. The Kier molecular flexibility index (Phi) is 4.81. The van der Waals surface area contributed by atoms with E-state index in [1.807, 2.05) is 6.07 Å². The van der Waals surface area contributed by atoms with Crippen LogP contribution in [-0.2, 0) is 0 Å². The zero-order valence-electron chi connectivity index (χ0n) is 10.5. The molecular weight excluding hydrogens is 198 g/mol. The first kappa shape index (κ1) is 13.0. The molecule has 0 saturated heterocycles. The van der Waals surface area contributed by atoms with Crippen LogP contribution in [0.5, 0.6) is 5.75 Å². The second-order valence-electron chi connectivity index (χ2n) is 4.52. The Bertz CT molecular complexity index is 336. The van der Waals surface area contributed by atoms with Gasteiger partial charge in [-0.05, 0) is 30.4 Å². The number of phenolic OH excluding ortho intramolecular Hbond substituents is 1. The van der Waals surface area contributed by atoms with Gasteiger partial charge in [-0.15, -0.1) is 0 Å². The van der Waals surface area contributed by atoms with E-state index in [1.165, 1.54) is 5.56 Å². The number of hydrogen-bond acceptors (Lipinski definition) is 2. The summed E-state index contributed by atoms with van der Waals surface area (Å²) in [5.41, 5.74) is 8.21. The van der Waals surface area contributed by atoms with Crippen LogP contribution < -0.4 is 5.73 Å². The van der Waals surface area contributed by atoms with Crippen molar-refractivity contribution < 1.29 is 5.11 Å². The van der Waals surface area contributed by atoms with Gasteiger partial charge in [0.25, 0.3) is 0 Å². The number of aromatic hydroxyl groups is 1. The van der Waals surface area contributed by atoms with E-state index in [1.54, 1.807) is 6.07 Å². The van der Waals surface area contributed by atoms with Crippen LogP contribution >= 0.6 is 0 Å². The Hall–Kier alpha value is -1.02. The largest absolute Gasteiger partial charge is 0.508 e. The molecule has 2 unspecified atom stereocenters. The molecule has 1 rings (SSSR count). The highest BCUT2D eigenvalue weighted by Gasteiger charge is 2.12. The highest BCUT2D eigenvalue weighted by molar-refractivity contribution is 5.39. The molecule has 2 heteroatoms. The molecule has 0 heterocycles. The van der Waals surface area contributed by atoms with E-state index in [2.05, 4.69) is 26.8 Å². The molecule has 0 aliphatic heterocycles. The number of phenols is 1. The van der Waals surface area contributed by atoms with Crippen molar-refractivity contribution in [3.63, 3.8) is 0 Å². The molecule has 0 fully saturated rings. The predicted octanol–water partition coefficient (Wildman–Crippen LogP) is 3.71. The van der Waals surface area contributed by atoms with E-state index >= 15 is 0 Å². The molecule has 0 bridgehead atoms. The van der Waals surface area contributed by atoms with Gasteiger partial charge >= 0.3 is 0 Å². The van der Waals surface area contributed by atoms with Crippen LogP contribution in [0.2, 0.25) is 0 Å². The Balaban J connectivity index is 2.98. The second kappa shape index (κ2) is 5.90. The van der Waals surface area contributed by atoms with Crippen molar-refractivity contribution in [3.8, 4) is 5.75 Å². The summed E-state index contributed by atoms with van der Waals surface area (Å²) >= 11 is 0. The van der Waals surface area contributed by atoms with Crippen molar-refractivity contribution >= 4 is 0 Å². The molecule has 1 aromatic carbocycles.